The minimum atomic E-state index is 0.0911. The number of pyridine rings is 1. The van der Waals surface area contributed by atoms with Gasteiger partial charge < -0.3 is 14.8 Å². The SMILES string of the molecule is O=C1CC[C@@H](COc2ccc(Oc3ccc(-c4ccn[nH]4)cn3)cc2)N1. The van der Waals surface area contributed by atoms with Crippen LogP contribution < -0.4 is 14.8 Å². The van der Waals surface area contributed by atoms with Crippen LogP contribution in [0.15, 0.2) is 54.9 Å². The highest BCUT2D eigenvalue weighted by atomic mass is 16.5. The van der Waals surface area contributed by atoms with Crippen LogP contribution in [0.4, 0.5) is 0 Å². The van der Waals surface area contributed by atoms with Crippen LogP contribution in [0.25, 0.3) is 11.3 Å². The summed E-state index contributed by atoms with van der Waals surface area (Å²) in [5.41, 5.74) is 1.85. The van der Waals surface area contributed by atoms with Crippen molar-refractivity contribution in [2.24, 2.45) is 0 Å². The van der Waals surface area contributed by atoms with Crippen LogP contribution in [0.1, 0.15) is 12.8 Å². The van der Waals surface area contributed by atoms with Gasteiger partial charge in [-0.3, -0.25) is 9.89 Å². The van der Waals surface area contributed by atoms with E-state index in [1.165, 1.54) is 0 Å². The molecule has 1 atom stereocenters. The third-order valence-electron chi connectivity index (χ3n) is 4.13. The largest absolute Gasteiger partial charge is 0.491 e. The van der Waals surface area contributed by atoms with Crippen molar-refractivity contribution in [3.63, 3.8) is 0 Å². The lowest BCUT2D eigenvalue weighted by molar-refractivity contribution is -0.119. The lowest BCUT2D eigenvalue weighted by Crippen LogP contribution is -2.30. The molecule has 1 aliphatic heterocycles. The van der Waals surface area contributed by atoms with Crippen LogP contribution >= 0.6 is 0 Å². The van der Waals surface area contributed by atoms with Crippen molar-refractivity contribution >= 4 is 5.91 Å². The smallest absolute Gasteiger partial charge is 0.220 e. The van der Waals surface area contributed by atoms with Gasteiger partial charge in [0, 0.05) is 30.4 Å². The molecule has 0 spiro atoms. The van der Waals surface area contributed by atoms with Crippen molar-refractivity contribution in [3.05, 3.63) is 54.9 Å². The van der Waals surface area contributed by atoms with Crippen molar-refractivity contribution in [3.8, 4) is 28.6 Å². The maximum absolute atomic E-state index is 11.2. The summed E-state index contributed by atoms with van der Waals surface area (Å²) in [7, 11) is 0. The quantitative estimate of drug-likeness (QED) is 0.713. The number of carbonyl (C=O) groups is 1. The average molecular weight is 350 g/mol. The molecule has 3 heterocycles. The van der Waals surface area contributed by atoms with E-state index in [1.807, 2.05) is 42.5 Å². The van der Waals surface area contributed by atoms with E-state index < -0.39 is 0 Å². The number of ether oxygens (including phenoxy) is 2. The van der Waals surface area contributed by atoms with Crippen molar-refractivity contribution in [1.82, 2.24) is 20.5 Å². The van der Waals surface area contributed by atoms with E-state index in [2.05, 4.69) is 20.5 Å². The summed E-state index contributed by atoms with van der Waals surface area (Å²) in [5.74, 6) is 2.01. The van der Waals surface area contributed by atoms with Crippen LogP contribution in [0, 0.1) is 0 Å². The molecule has 132 valence electrons. The Balaban J connectivity index is 1.33. The van der Waals surface area contributed by atoms with Crippen molar-refractivity contribution in [2.75, 3.05) is 6.61 Å². The van der Waals surface area contributed by atoms with E-state index in [1.54, 1.807) is 12.4 Å². The van der Waals surface area contributed by atoms with E-state index in [0.717, 1.165) is 23.4 Å². The van der Waals surface area contributed by atoms with Crippen molar-refractivity contribution in [1.29, 1.82) is 0 Å². The number of benzene rings is 1. The molecular weight excluding hydrogens is 332 g/mol. The second-order valence-electron chi connectivity index (χ2n) is 6.04. The molecule has 1 aliphatic rings. The normalized spacial score (nSPS) is 16.3. The zero-order valence-electron chi connectivity index (χ0n) is 14.0. The summed E-state index contributed by atoms with van der Waals surface area (Å²) in [6.07, 6.45) is 4.83. The summed E-state index contributed by atoms with van der Waals surface area (Å²) in [4.78, 5) is 15.5. The highest BCUT2D eigenvalue weighted by molar-refractivity contribution is 5.78. The predicted octanol–water partition coefficient (Wildman–Crippen LogP) is 2.92. The van der Waals surface area contributed by atoms with Crippen LogP contribution in [0.5, 0.6) is 17.4 Å². The zero-order valence-corrected chi connectivity index (χ0v) is 14.0. The summed E-state index contributed by atoms with van der Waals surface area (Å²) >= 11 is 0. The number of rotatable bonds is 6. The van der Waals surface area contributed by atoms with Gasteiger partial charge in [-0.15, -0.1) is 0 Å². The number of hydrogen-bond acceptors (Lipinski definition) is 5. The van der Waals surface area contributed by atoms with Gasteiger partial charge in [0.1, 0.15) is 18.1 Å². The summed E-state index contributed by atoms with van der Waals surface area (Å²) < 4.78 is 11.5. The molecule has 0 radical (unpaired) electrons. The Morgan fingerprint density at radius 2 is 1.92 bits per heavy atom. The second kappa shape index (κ2) is 7.26. The van der Waals surface area contributed by atoms with Gasteiger partial charge in [-0.2, -0.15) is 5.10 Å². The van der Waals surface area contributed by atoms with Gasteiger partial charge >= 0.3 is 0 Å². The Bertz CT molecular complexity index is 861. The molecule has 26 heavy (non-hydrogen) atoms. The topological polar surface area (TPSA) is 89.1 Å². The molecule has 3 aromatic rings. The third-order valence-corrected chi connectivity index (χ3v) is 4.13. The summed E-state index contributed by atoms with van der Waals surface area (Å²) in [6, 6.07) is 13.0. The van der Waals surface area contributed by atoms with Crippen LogP contribution in [0.2, 0.25) is 0 Å². The van der Waals surface area contributed by atoms with Crippen LogP contribution in [0.3, 0.4) is 0 Å². The van der Waals surface area contributed by atoms with E-state index in [0.29, 0.717) is 24.7 Å². The molecule has 0 saturated carbocycles. The van der Waals surface area contributed by atoms with E-state index in [9.17, 15) is 4.79 Å². The van der Waals surface area contributed by atoms with E-state index in [-0.39, 0.29) is 11.9 Å². The Morgan fingerprint density at radius 1 is 1.08 bits per heavy atom. The lowest BCUT2D eigenvalue weighted by Gasteiger charge is -2.12. The first-order valence-electron chi connectivity index (χ1n) is 8.42. The van der Waals surface area contributed by atoms with Crippen molar-refractivity contribution < 1.29 is 14.3 Å². The first kappa shape index (κ1) is 16.1. The van der Waals surface area contributed by atoms with Gasteiger partial charge in [-0.1, -0.05) is 0 Å². The first-order valence-corrected chi connectivity index (χ1v) is 8.42. The molecule has 0 unspecified atom stereocenters. The monoisotopic (exact) mass is 350 g/mol. The summed E-state index contributed by atoms with van der Waals surface area (Å²) in [6.45, 7) is 0.475. The first-order chi connectivity index (χ1) is 12.8. The fraction of sp³-hybridized carbons (Fsp3) is 0.211. The number of aromatic amines is 1. The Morgan fingerprint density at radius 3 is 2.58 bits per heavy atom. The van der Waals surface area contributed by atoms with Gasteiger partial charge in [0.15, 0.2) is 0 Å². The standard InChI is InChI=1S/C19H18N4O3/c24-18-7-2-14(22-18)12-25-15-3-5-16(6-4-15)26-19-8-1-13(11-20-19)17-9-10-21-23-17/h1,3-6,8-11,14H,2,7,12H2,(H,21,23)(H,22,24)/t14-/m0/s1. The zero-order chi connectivity index (χ0) is 17.8. The van der Waals surface area contributed by atoms with Gasteiger partial charge in [-0.25, -0.2) is 4.98 Å². The molecule has 1 aromatic carbocycles. The highest BCUT2D eigenvalue weighted by Gasteiger charge is 2.20. The molecule has 1 fully saturated rings. The van der Waals surface area contributed by atoms with Gasteiger partial charge in [0.05, 0.1) is 11.7 Å². The van der Waals surface area contributed by atoms with Gasteiger partial charge in [-0.05, 0) is 42.8 Å². The van der Waals surface area contributed by atoms with Gasteiger partial charge in [0.2, 0.25) is 11.8 Å². The minimum Gasteiger partial charge on any atom is -0.491 e. The van der Waals surface area contributed by atoms with Crippen molar-refractivity contribution in [2.45, 2.75) is 18.9 Å². The maximum atomic E-state index is 11.2. The molecule has 2 N–H and O–H groups in total. The average Bonchev–Trinajstić information content (AvgIpc) is 3.34. The molecule has 4 rings (SSSR count). The third kappa shape index (κ3) is 3.83. The summed E-state index contributed by atoms with van der Waals surface area (Å²) in [5, 5.41) is 9.70. The minimum absolute atomic E-state index is 0.0911. The number of hydrogen-bond donors (Lipinski definition) is 2. The Kier molecular flexibility index (Phi) is 4.51. The lowest BCUT2D eigenvalue weighted by atomic mass is 10.2. The number of amides is 1. The van der Waals surface area contributed by atoms with Crippen LogP contribution in [-0.4, -0.2) is 33.7 Å². The van der Waals surface area contributed by atoms with Crippen LogP contribution in [-0.2, 0) is 4.79 Å². The fourth-order valence-corrected chi connectivity index (χ4v) is 2.74. The number of carbonyl (C=O) groups excluding carboxylic acids is 1. The molecule has 7 heteroatoms. The highest BCUT2D eigenvalue weighted by Crippen LogP contribution is 2.24. The van der Waals surface area contributed by atoms with Gasteiger partial charge in [0.25, 0.3) is 0 Å². The Labute approximate surface area is 150 Å². The number of nitrogens with one attached hydrogen (secondary N) is 2. The molecule has 0 bridgehead atoms. The van der Waals surface area contributed by atoms with E-state index in [4.69, 9.17) is 9.47 Å². The molecule has 2 aromatic heterocycles. The Hall–Kier alpha value is -3.35. The second-order valence-corrected chi connectivity index (χ2v) is 6.04. The van der Waals surface area contributed by atoms with E-state index >= 15 is 0 Å². The number of aromatic nitrogens is 3. The molecular formula is C19H18N4O3. The maximum Gasteiger partial charge on any atom is 0.220 e. The molecule has 7 nitrogen and oxygen atoms in total. The number of nitrogens with zero attached hydrogens (tertiary/aromatic N) is 2. The fourth-order valence-electron chi connectivity index (χ4n) is 2.74. The predicted molar refractivity (Wildman–Crippen MR) is 95.0 cm³/mol. The molecule has 0 aliphatic carbocycles. The molecule has 1 amide bonds. The number of H-pyrrole nitrogens is 1. The molecule has 1 saturated heterocycles.